The van der Waals surface area contributed by atoms with Gasteiger partial charge in [0.15, 0.2) is 17.4 Å². The molecule has 3 rings (SSSR count). The van der Waals surface area contributed by atoms with Crippen LogP contribution < -0.4 is 11.3 Å². The lowest BCUT2D eigenvalue weighted by Crippen LogP contribution is -2.28. The third-order valence-electron chi connectivity index (χ3n) is 2.85. The molecule has 0 aliphatic carbocycles. The van der Waals surface area contributed by atoms with E-state index in [1.54, 1.807) is 0 Å². The first-order valence-corrected chi connectivity index (χ1v) is 5.28. The summed E-state index contributed by atoms with van der Waals surface area (Å²) in [4.78, 5) is 21.7. The molecule has 0 saturated carbocycles. The van der Waals surface area contributed by atoms with Gasteiger partial charge in [0.1, 0.15) is 12.2 Å². The minimum atomic E-state index is -1.11. The van der Waals surface area contributed by atoms with Crippen molar-refractivity contribution in [3.8, 4) is 0 Å². The van der Waals surface area contributed by atoms with Gasteiger partial charge in [-0.3, -0.25) is 14.3 Å². The Bertz CT molecular complexity index is 650. The molecule has 9 nitrogen and oxygen atoms in total. The number of aliphatic hydroxyl groups is 2. The van der Waals surface area contributed by atoms with E-state index in [1.165, 1.54) is 10.9 Å². The molecule has 9 heteroatoms. The van der Waals surface area contributed by atoms with Crippen molar-refractivity contribution in [3.05, 3.63) is 16.7 Å². The van der Waals surface area contributed by atoms with E-state index in [0.29, 0.717) is 0 Å². The number of nitrogen functional groups attached to an aromatic ring is 1. The number of ether oxygens (including phenoxy) is 1. The van der Waals surface area contributed by atoms with Gasteiger partial charge in [-0.1, -0.05) is 0 Å². The van der Waals surface area contributed by atoms with Gasteiger partial charge in [-0.2, -0.15) is 4.98 Å². The van der Waals surface area contributed by atoms with E-state index >= 15 is 0 Å². The lowest BCUT2D eigenvalue weighted by atomic mass is 10.2. The zero-order valence-corrected chi connectivity index (χ0v) is 9.15. The van der Waals surface area contributed by atoms with Crippen LogP contribution in [-0.4, -0.2) is 48.5 Å². The molecule has 0 unspecified atom stereocenters. The normalized spacial score (nSPS) is 28.0. The molecule has 0 spiro atoms. The molecule has 5 N–H and O–H groups in total. The zero-order valence-electron chi connectivity index (χ0n) is 9.15. The summed E-state index contributed by atoms with van der Waals surface area (Å²) in [5, 5.41) is 19.2. The summed E-state index contributed by atoms with van der Waals surface area (Å²) in [6.07, 6.45) is -1.60. The third kappa shape index (κ3) is 1.49. The number of H-pyrrole nitrogens is 1. The summed E-state index contributed by atoms with van der Waals surface area (Å²) < 4.78 is 6.62. The summed E-state index contributed by atoms with van der Waals surface area (Å²) in [5.41, 5.74) is 5.29. The molecular formula is C9H11N5O4. The second-order valence-electron chi connectivity index (χ2n) is 4.06. The number of aromatic amines is 1. The number of anilines is 1. The fourth-order valence-corrected chi connectivity index (χ4v) is 1.96. The van der Waals surface area contributed by atoms with Crippen LogP contribution in [0.2, 0.25) is 0 Å². The lowest BCUT2D eigenvalue weighted by Gasteiger charge is -2.16. The van der Waals surface area contributed by atoms with Crippen LogP contribution in [-0.2, 0) is 4.74 Å². The van der Waals surface area contributed by atoms with Crippen molar-refractivity contribution in [2.75, 3.05) is 12.3 Å². The molecule has 96 valence electrons. The number of imidazole rings is 1. The lowest BCUT2D eigenvalue weighted by molar-refractivity contribution is -0.0162. The Balaban J connectivity index is 2.16. The smallest absolute Gasteiger partial charge is 0.280 e. The maximum Gasteiger partial charge on any atom is 0.280 e. The Morgan fingerprint density at radius 2 is 2.33 bits per heavy atom. The van der Waals surface area contributed by atoms with Gasteiger partial charge in [0.05, 0.1) is 12.9 Å². The Hall–Kier alpha value is -1.97. The molecule has 0 radical (unpaired) electrons. The van der Waals surface area contributed by atoms with Crippen LogP contribution in [0.1, 0.15) is 6.23 Å². The van der Waals surface area contributed by atoms with Crippen LogP contribution in [0.15, 0.2) is 11.1 Å². The number of aliphatic hydroxyl groups excluding tert-OH is 2. The highest BCUT2D eigenvalue weighted by Crippen LogP contribution is 2.26. The summed E-state index contributed by atoms with van der Waals surface area (Å²) >= 11 is 0. The molecule has 1 fully saturated rings. The number of nitrogens with two attached hydrogens (primary N) is 1. The summed E-state index contributed by atoms with van der Waals surface area (Å²) in [6, 6.07) is 0. The van der Waals surface area contributed by atoms with Gasteiger partial charge in [0.25, 0.3) is 5.56 Å². The first-order valence-electron chi connectivity index (χ1n) is 5.28. The minimum Gasteiger partial charge on any atom is -0.388 e. The predicted octanol–water partition coefficient (Wildman–Crippen LogP) is -2.05. The van der Waals surface area contributed by atoms with Crippen LogP contribution in [0.25, 0.3) is 11.2 Å². The van der Waals surface area contributed by atoms with Gasteiger partial charge in [-0.05, 0) is 0 Å². The van der Waals surface area contributed by atoms with E-state index in [2.05, 4.69) is 15.0 Å². The zero-order chi connectivity index (χ0) is 12.9. The second-order valence-corrected chi connectivity index (χ2v) is 4.06. The first kappa shape index (κ1) is 11.1. The maximum absolute atomic E-state index is 11.6. The van der Waals surface area contributed by atoms with Crippen LogP contribution in [0.3, 0.4) is 0 Å². The highest BCUT2D eigenvalue weighted by atomic mass is 16.5. The SMILES string of the molecule is Nc1nc2c(ncn2[C@@H]2OC[C@H](O)[C@H]2O)c(=O)[nH]1. The number of fused-ring (bicyclic) bond motifs is 1. The van der Waals surface area contributed by atoms with Crippen LogP contribution in [0.5, 0.6) is 0 Å². The third-order valence-corrected chi connectivity index (χ3v) is 2.85. The molecule has 2 aromatic rings. The van der Waals surface area contributed by atoms with Gasteiger partial charge in [0.2, 0.25) is 5.95 Å². The van der Waals surface area contributed by atoms with Gasteiger partial charge < -0.3 is 20.7 Å². The van der Waals surface area contributed by atoms with E-state index in [0.717, 1.165) is 0 Å². The minimum absolute atomic E-state index is 0.00415. The molecule has 1 aliphatic rings. The van der Waals surface area contributed by atoms with Gasteiger partial charge >= 0.3 is 0 Å². The van der Waals surface area contributed by atoms with E-state index in [-0.39, 0.29) is 23.7 Å². The molecule has 1 saturated heterocycles. The number of rotatable bonds is 1. The first-order chi connectivity index (χ1) is 8.58. The molecular weight excluding hydrogens is 242 g/mol. The molecule has 0 amide bonds. The fourth-order valence-electron chi connectivity index (χ4n) is 1.96. The molecule has 2 aromatic heterocycles. The average molecular weight is 253 g/mol. The molecule has 3 heterocycles. The average Bonchev–Trinajstić information content (AvgIpc) is 2.85. The quantitative estimate of drug-likeness (QED) is 0.458. The Labute approximate surface area is 99.8 Å². The van der Waals surface area contributed by atoms with Crippen molar-refractivity contribution < 1.29 is 14.9 Å². The van der Waals surface area contributed by atoms with Crippen molar-refractivity contribution in [2.45, 2.75) is 18.4 Å². The van der Waals surface area contributed by atoms with Crippen molar-refractivity contribution >= 4 is 17.1 Å². The summed E-state index contributed by atoms with van der Waals surface area (Å²) in [6.45, 7) is 0.00415. The van der Waals surface area contributed by atoms with Crippen molar-refractivity contribution in [1.82, 2.24) is 19.5 Å². The molecule has 1 aliphatic heterocycles. The van der Waals surface area contributed by atoms with E-state index in [9.17, 15) is 15.0 Å². The highest BCUT2D eigenvalue weighted by molar-refractivity contribution is 5.70. The topological polar surface area (TPSA) is 139 Å². The van der Waals surface area contributed by atoms with E-state index in [4.69, 9.17) is 10.5 Å². The van der Waals surface area contributed by atoms with Crippen LogP contribution >= 0.6 is 0 Å². The molecule has 0 aromatic carbocycles. The van der Waals surface area contributed by atoms with Crippen LogP contribution in [0, 0.1) is 0 Å². The predicted molar refractivity (Wildman–Crippen MR) is 59.6 cm³/mol. The molecule has 0 bridgehead atoms. The number of nitrogens with one attached hydrogen (secondary N) is 1. The maximum atomic E-state index is 11.6. The Morgan fingerprint density at radius 3 is 3.00 bits per heavy atom. The van der Waals surface area contributed by atoms with E-state index in [1.807, 2.05) is 0 Å². The fraction of sp³-hybridized carbons (Fsp3) is 0.444. The largest absolute Gasteiger partial charge is 0.388 e. The number of hydrogen-bond donors (Lipinski definition) is 4. The highest BCUT2D eigenvalue weighted by Gasteiger charge is 2.36. The molecule has 3 atom stereocenters. The van der Waals surface area contributed by atoms with Gasteiger partial charge in [0, 0.05) is 0 Å². The summed E-state index contributed by atoms with van der Waals surface area (Å²) in [7, 11) is 0. The standard InChI is InChI=1S/C9H11N5O4/c10-9-12-6-4(7(17)13-9)11-2-14(6)8-5(16)3(15)1-18-8/h2-3,5,8,15-16H,1H2,(H3,10,12,13,17)/t3-,5+,8+/m0/s1. The summed E-state index contributed by atoms with van der Waals surface area (Å²) in [5.74, 6) is -0.0534. The van der Waals surface area contributed by atoms with Crippen LogP contribution in [0.4, 0.5) is 5.95 Å². The second kappa shape index (κ2) is 3.77. The number of hydrogen-bond acceptors (Lipinski definition) is 7. The monoisotopic (exact) mass is 253 g/mol. The Morgan fingerprint density at radius 1 is 1.56 bits per heavy atom. The van der Waals surface area contributed by atoms with Crippen molar-refractivity contribution in [2.24, 2.45) is 0 Å². The number of aromatic nitrogens is 4. The Kier molecular flexibility index (Phi) is 2.33. The van der Waals surface area contributed by atoms with Gasteiger partial charge in [-0.25, -0.2) is 4.98 Å². The van der Waals surface area contributed by atoms with Crippen molar-refractivity contribution in [3.63, 3.8) is 0 Å². The van der Waals surface area contributed by atoms with E-state index < -0.39 is 24.0 Å². The van der Waals surface area contributed by atoms with Crippen molar-refractivity contribution in [1.29, 1.82) is 0 Å². The number of nitrogens with zero attached hydrogens (tertiary/aromatic N) is 3. The molecule has 18 heavy (non-hydrogen) atoms. The van der Waals surface area contributed by atoms with Gasteiger partial charge in [-0.15, -0.1) is 0 Å².